The molecule has 2 aromatic rings. The number of nitrogens with one attached hydrogen (secondary N) is 1. The van der Waals surface area contributed by atoms with E-state index in [9.17, 15) is 4.79 Å². The van der Waals surface area contributed by atoms with Crippen LogP contribution in [-0.4, -0.2) is 5.91 Å². The first kappa shape index (κ1) is 12.8. The van der Waals surface area contributed by atoms with Gasteiger partial charge >= 0.3 is 0 Å². The zero-order valence-electron chi connectivity index (χ0n) is 10.9. The van der Waals surface area contributed by atoms with Gasteiger partial charge in [-0.05, 0) is 36.6 Å². The van der Waals surface area contributed by atoms with Gasteiger partial charge in [-0.2, -0.15) is 0 Å². The molecule has 1 aromatic heterocycles. The molecule has 1 aromatic carbocycles. The second-order valence-electron chi connectivity index (χ2n) is 4.61. The van der Waals surface area contributed by atoms with Crippen LogP contribution >= 0.6 is 11.3 Å². The van der Waals surface area contributed by atoms with Crippen molar-refractivity contribution >= 4 is 22.9 Å². The van der Waals surface area contributed by atoms with Crippen LogP contribution in [0.1, 0.15) is 39.9 Å². The van der Waals surface area contributed by atoms with Gasteiger partial charge in [0.2, 0.25) is 0 Å². The van der Waals surface area contributed by atoms with Crippen LogP contribution in [0.15, 0.2) is 36.4 Å². The first-order valence-corrected chi connectivity index (χ1v) is 6.86. The fourth-order valence-electron chi connectivity index (χ4n) is 1.85. The molecule has 2 nitrogen and oxygen atoms in total. The van der Waals surface area contributed by atoms with Crippen LogP contribution < -0.4 is 5.32 Å². The largest absolute Gasteiger partial charge is 0.321 e. The van der Waals surface area contributed by atoms with Gasteiger partial charge in [0, 0.05) is 10.6 Å². The summed E-state index contributed by atoms with van der Waals surface area (Å²) in [4.78, 5) is 14.0. The van der Waals surface area contributed by atoms with Crippen LogP contribution in [0.5, 0.6) is 0 Å². The van der Waals surface area contributed by atoms with Gasteiger partial charge < -0.3 is 5.32 Å². The molecule has 94 valence electrons. The lowest BCUT2D eigenvalue weighted by molar-refractivity contribution is 0.103. The maximum atomic E-state index is 12.1. The number of amides is 1. The van der Waals surface area contributed by atoms with Gasteiger partial charge in [0.1, 0.15) is 0 Å². The monoisotopic (exact) mass is 259 g/mol. The molecule has 18 heavy (non-hydrogen) atoms. The molecule has 0 saturated heterocycles. The lowest BCUT2D eigenvalue weighted by atomic mass is 10.0. The average Bonchev–Trinajstić information content (AvgIpc) is 2.76. The molecule has 1 heterocycles. The van der Waals surface area contributed by atoms with E-state index in [-0.39, 0.29) is 5.91 Å². The third-order valence-corrected chi connectivity index (χ3v) is 3.79. The maximum absolute atomic E-state index is 12.1. The molecule has 0 spiro atoms. The van der Waals surface area contributed by atoms with E-state index < -0.39 is 0 Å². The minimum Gasteiger partial charge on any atom is -0.321 e. The number of thiophene rings is 1. The lowest BCUT2D eigenvalue weighted by Gasteiger charge is -2.12. The Labute approximate surface area is 112 Å². The van der Waals surface area contributed by atoms with E-state index in [0.717, 1.165) is 15.4 Å². The van der Waals surface area contributed by atoms with Crippen molar-refractivity contribution < 1.29 is 4.79 Å². The van der Waals surface area contributed by atoms with Gasteiger partial charge in [-0.15, -0.1) is 11.3 Å². The van der Waals surface area contributed by atoms with Crippen LogP contribution in [0.4, 0.5) is 5.69 Å². The summed E-state index contributed by atoms with van der Waals surface area (Å²) in [6, 6.07) is 11.8. The molecule has 0 aliphatic rings. The SMILES string of the molecule is Cc1ccc(C(=O)Nc2ccccc2C(C)C)s1. The molecule has 0 aliphatic carbocycles. The Morgan fingerprint density at radius 1 is 1.17 bits per heavy atom. The number of hydrogen-bond acceptors (Lipinski definition) is 2. The fourth-order valence-corrected chi connectivity index (χ4v) is 2.62. The van der Waals surface area contributed by atoms with E-state index in [2.05, 4.69) is 25.2 Å². The van der Waals surface area contributed by atoms with Crippen molar-refractivity contribution in [3.63, 3.8) is 0 Å². The van der Waals surface area contributed by atoms with E-state index in [4.69, 9.17) is 0 Å². The molecule has 0 atom stereocenters. The minimum atomic E-state index is -0.0267. The minimum absolute atomic E-state index is 0.0267. The third kappa shape index (κ3) is 2.79. The summed E-state index contributed by atoms with van der Waals surface area (Å²) in [5.41, 5.74) is 2.07. The molecule has 1 amide bonds. The Bertz CT molecular complexity index is 557. The number of hydrogen-bond donors (Lipinski definition) is 1. The van der Waals surface area contributed by atoms with E-state index in [1.54, 1.807) is 0 Å². The molecular formula is C15H17NOS. The van der Waals surface area contributed by atoms with Crippen molar-refractivity contribution in [2.45, 2.75) is 26.7 Å². The predicted molar refractivity (Wildman–Crippen MR) is 77.5 cm³/mol. The van der Waals surface area contributed by atoms with Crippen LogP contribution in [0.3, 0.4) is 0 Å². The van der Waals surface area contributed by atoms with E-state index >= 15 is 0 Å². The van der Waals surface area contributed by atoms with Crippen molar-refractivity contribution in [2.24, 2.45) is 0 Å². The summed E-state index contributed by atoms with van der Waals surface area (Å²) in [6.07, 6.45) is 0. The number of aryl methyl sites for hydroxylation is 1. The van der Waals surface area contributed by atoms with Crippen molar-refractivity contribution in [3.05, 3.63) is 51.7 Å². The van der Waals surface area contributed by atoms with Crippen LogP contribution in [-0.2, 0) is 0 Å². The highest BCUT2D eigenvalue weighted by atomic mass is 32.1. The van der Waals surface area contributed by atoms with Gasteiger partial charge in [0.15, 0.2) is 0 Å². The number of anilines is 1. The number of benzene rings is 1. The maximum Gasteiger partial charge on any atom is 0.265 e. The fraction of sp³-hybridized carbons (Fsp3) is 0.267. The summed E-state index contributed by atoms with van der Waals surface area (Å²) < 4.78 is 0. The zero-order valence-corrected chi connectivity index (χ0v) is 11.7. The topological polar surface area (TPSA) is 29.1 Å². The van der Waals surface area contributed by atoms with Crippen LogP contribution in [0.25, 0.3) is 0 Å². The highest BCUT2D eigenvalue weighted by molar-refractivity contribution is 7.14. The Hall–Kier alpha value is -1.61. The van der Waals surface area contributed by atoms with Crippen molar-refractivity contribution in [1.29, 1.82) is 0 Å². The summed E-state index contributed by atoms with van der Waals surface area (Å²) in [5.74, 6) is 0.368. The third-order valence-electron chi connectivity index (χ3n) is 2.80. The highest BCUT2D eigenvalue weighted by Gasteiger charge is 2.11. The average molecular weight is 259 g/mol. The van der Waals surface area contributed by atoms with E-state index in [1.165, 1.54) is 16.9 Å². The second-order valence-corrected chi connectivity index (χ2v) is 5.89. The van der Waals surface area contributed by atoms with Gasteiger partial charge in [-0.3, -0.25) is 4.79 Å². The zero-order chi connectivity index (χ0) is 13.1. The van der Waals surface area contributed by atoms with E-state index in [0.29, 0.717) is 5.92 Å². The molecule has 0 fully saturated rings. The number of carbonyl (C=O) groups is 1. The number of para-hydroxylation sites is 1. The predicted octanol–water partition coefficient (Wildman–Crippen LogP) is 4.43. The van der Waals surface area contributed by atoms with Gasteiger partial charge in [-0.25, -0.2) is 0 Å². The molecule has 0 bridgehead atoms. The lowest BCUT2D eigenvalue weighted by Crippen LogP contribution is -2.12. The standard InChI is InChI=1S/C15H17NOS/c1-10(2)12-6-4-5-7-13(12)16-15(17)14-9-8-11(3)18-14/h4-10H,1-3H3,(H,16,17). The summed E-state index contributed by atoms with van der Waals surface area (Å²) in [5, 5.41) is 2.99. The summed E-state index contributed by atoms with van der Waals surface area (Å²) in [6.45, 7) is 6.25. The van der Waals surface area contributed by atoms with Crippen molar-refractivity contribution in [1.82, 2.24) is 0 Å². The molecule has 1 N–H and O–H groups in total. The Kier molecular flexibility index (Phi) is 3.82. The van der Waals surface area contributed by atoms with Gasteiger partial charge in [-0.1, -0.05) is 32.0 Å². The Morgan fingerprint density at radius 2 is 1.89 bits per heavy atom. The van der Waals surface area contributed by atoms with Crippen molar-refractivity contribution in [2.75, 3.05) is 5.32 Å². The van der Waals surface area contributed by atoms with Crippen molar-refractivity contribution in [3.8, 4) is 0 Å². The summed E-state index contributed by atoms with van der Waals surface area (Å²) in [7, 11) is 0. The molecule has 0 radical (unpaired) electrons. The molecular weight excluding hydrogens is 242 g/mol. The molecule has 0 saturated carbocycles. The Balaban J connectivity index is 2.22. The molecule has 0 aliphatic heterocycles. The number of carbonyl (C=O) groups excluding carboxylic acids is 1. The van der Waals surface area contributed by atoms with Crippen LogP contribution in [0, 0.1) is 6.92 Å². The van der Waals surface area contributed by atoms with E-state index in [1.807, 2.05) is 37.3 Å². The molecule has 0 unspecified atom stereocenters. The van der Waals surface area contributed by atoms with Gasteiger partial charge in [0.25, 0.3) is 5.91 Å². The number of rotatable bonds is 3. The molecule has 2 rings (SSSR count). The molecule has 3 heteroatoms. The summed E-state index contributed by atoms with van der Waals surface area (Å²) >= 11 is 1.52. The van der Waals surface area contributed by atoms with Crippen LogP contribution in [0.2, 0.25) is 0 Å². The normalized spacial score (nSPS) is 10.7. The Morgan fingerprint density at radius 3 is 2.50 bits per heavy atom. The first-order valence-electron chi connectivity index (χ1n) is 6.04. The highest BCUT2D eigenvalue weighted by Crippen LogP contribution is 2.25. The second kappa shape index (κ2) is 5.36. The van der Waals surface area contributed by atoms with Gasteiger partial charge in [0.05, 0.1) is 4.88 Å². The first-order chi connectivity index (χ1) is 8.58. The quantitative estimate of drug-likeness (QED) is 0.868. The smallest absolute Gasteiger partial charge is 0.265 e.